The van der Waals surface area contributed by atoms with E-state index in [0.29, 0.717) is 23.4 Å². The van der Waals surface area contributed by atoms with Crippen molar-refractivity contribution in [3.8, 4) is 11.8 Å². The fraction of sp³-hybridized carbons (Fsp3) is 0.320. The molecule has 2 aliphatic rings. The second-order valence-electron chi connectivity index (χ2n) is 8.92. The molecule has 0 bridgehead atoms. The summed E-state index contributed by atoms with van der Waals surface area (Å²) in [6.07, 6.45) is 1.93. The highest BCUT2D eigenvalue weighted by Crippen LogP contribution is 2.48. The van der Waals surface area contributed by atoms with E-state index in [1.54, 1.807) is 0 Å². The largest absolute Gasteiger partial charge is 0.480 e. The number of oxazole rings is 2. The van der Waals surface area contributed by atoms with Crippen LogP contribution in [0.5, 0.6) is 0 Å². The molecule has 6 rings (SSSR count). The zero-order valence-corrected chi connectivity index (χ0v) is 19.9. The second-order valence-corrected chi connectivity index (χ2v) is 9.69. The Labute approximate surface area is 208 Å². The third-order valence-electron chi connectivity index (χ3n) is 6.29. The molecule has 1 aromatic carbocycles. The molecule has 2 aliphatic carbocycles. The van der Waals surface area contributed by atoms with Crippen LogP contribution in [-0.4, -0.2) is 31.5 Å². The number of aliphatic carboxylic acids is 1. The first kappa shape index (κ1) is 22.3. The molecule has 0 spiro atoms. The fourth-order valence-electron chi connectivity index (χ4n) is 3.88. The average molecular weight is 505 g/mol. The monoisotopic (exact) mass is 504 g/mol. The number of hydrogen-bond donors (Lipinski definition) is 2. The number of nitrogens with zero attached hydrogens (tertiary/aromatic N) is 3. The normalized spacial score (nSPS) is 16.7. The molecule has 1 unspecified atom stereocenters. The molecule has 3 heterocycles. The standard InChI is InChI=1S/C25H20N4O6S/c1-13(14-5-3-2-4-6-14)33-24(32)27-19-16(36-29-18(19)15-7-8-15)9-10-17-26-20-21(34-17)28-22(35-20)25(11-12-25)23(30)31/h2-6,13,15H,7-8,11-12H2,1H3,(H,27,32)(H,30,31). The van der Waals surface area contributed by atoms with Crippen LogP contribution in [0.4, 0.5) is 10.5 Å². The molecule has 36 heavy (non-hydrogen) atoms. The minimum Gasteiger partial charge on any atom is -0.480 e. The van der Waals surface area contributed by atoms with Crippen LogP contribution in [0, 0.1) is 11.8 Å². The molecule has 0 aliphatic heterocycles. The fourth-order valence-corrected chi connectivity index (χ4v) is 4.66. The number of amides is 1. The van der Waals surface area contributed by atoms with Crippen LogP contribution in [-0.2, 0) is 14.9 Å². The third-order valence-corrected chi connectivity index (χ3v) is 7.07. The van der Waals surface area contributed by atoms with E-state index in [4.69, 9.17) is 13.6 Å². The lowest BCUT2D eigenvalue weighted by Gasteiger charge is -2.14. The molecule has 1 amide bonds. The summed E-state index contributed by atoms with van der Waals surface area (Å²) in [4.78, 5) is 33.0. The highest BCUT2D eigenvalue weighted by molar-refractivity contribution is 7.07. The first-order valence-electron chi connectivity index (χ1n) is 11.5. The lowest BCUT2D eigenvalue weighted by Crippen LogP contribution is -2.19. The number of ether oxygens (including phenoxy) is 1. The summed E-state index contributed by atoms with van der Waals surface area (Å²) in [5, 5.41) is 12.2. The molecule has 10 nitrogen and oxygen atoms in total. The Morgan fingerprint density at radius 3 is 2.58 bits per heavy atom. The molecule has 3 aromatic heterocycles. The van der Waals surface area contributed by atoms with E-state index in [2.05, 4.69) is 31.5 Å². The van der Waals surface area contributed by atoms with Crippen LogP contribution in [0.15, 0.2) is 39.2 Å². The molecule has 2 saturated carbocycles. The van der Waals surface area contributed by atoms with Crippen molar-refractivity contribution in [2.24, 2.45) is 0 Å². The Hall–Kier alpha value is -4.17. The summed E-state index contributed by atoms with van der Waals surface area (Å²) >= 11 is 1.18. The number of anilines is 1. The van der Waals surface area contributed by atoms with Crippen molar-refractivity contribution in [2.75, 3.05) is 5.32 Å². The van der Waals surface area contributed by atoms with Gasteiger partial charge in [0.2, 0.25) is 5.89 Å². The average Bonchev–Trinajstić information content (AvgIpc) is 3.76. The highest BCUT2D eigenvalue weighted by atomic mass is 32.1. The van der Waals surface area contributed by atoms with Gasteiger partial charge in [-0.3, -0.25) is 10.1 Å². The van der Waals surface area contributed by atoms with Crippen molar-refractivity contribution in [3.63, 3.8) is 0 Å². The minimum absolute atomic E-state index is 0.0653. The first-order chi connectivity index (χ1) is 17.4. The van der Waals surface area contributed by atoms with E-state index < -0.39 is 23.6 Å². The molecule has 11 heteroatoms. The van der Waals surface area contributed by atoms with E-state index in [9.17, 15) is 14.7 Å². The van der Waals surface area contributed by atoms with Crippen molar-refractivity contribution in [3.05, 3.63) is 58.2 Å². The Balaban J connectivity index is 1.21. The lowest BCUT2D eigenvalue weighted by molar-refractivity contribution is -0.140. The SMILES string of the molecule is CC(OC(=O)Nc1c(C2CC2)nsc1C#Cc1nc2oc(C3(C(=O)O)CC3)nc2o1)c1ccccc1. The van der Waals surface area contributed by atoms with Gasteiger partial charge in [-0.2, -0.15) is 14.3 Å². The predicted octanol–water partition coefficient (Wildman–Crippen LogP) is 4.98. The number of fused-ring (bicyclic) bond motifs is 1. The third kappa shape index (κ3) is 4.09. The number of carbonyl (C=O) groups excluding carboxylic acids is 1. The first-order valence-corrected chi connectivity index (χ1v) is 12.3. The zero-order chi connectivity index (χ0) is 24.9. The number of benzene rings is 1. The molecule has 0 radical (unpaired) electrons. The predicted molar refractivity (Wildman–Crippen MR) is 128 cm³/mol. The maximum absolute atomic E-state index is 12.7. The van der Waals surface area contributed by atoms with Crippen LogP contribution in [0.3, 0.4) is 0 Å². The number of carboxylic acids is 1. The number of aromatic nitrogens is 3. The van der Waals surface area contributed by atoms with Gasteiger partial charge >= 0.3 is 12.1 Å². The summed E-state index contributed by atoms with van der Waals surface area (Å²) in [7, 11) is 0. The summed E-state index contributed by atoms with van der Waals surface area (Å²) in [5.41, 5.74) is 1.34. The van der Waals surface area contributed by atoms with Gasteiger partial charge in [0.25, 0.3) is 17.3 Å². The Morgan fingerprint density at radius 1 is 1.17 bits per heavy atom. The van der Waals surface area contributed by atoms with Crippen LogP contribution in [0.1, 0.15) is 72.5 Å². The maximum Gasteiger partial charge on any atom is 0.412 e. The molecule has 4 aromatic rings. The molecule has 1 atom stereocenters. The van der Waals surface area contributed by atoms with Crippen LogP contribution < -0.4 is 5.32 Å². The van der Waals surface area contributed by atoms with Gasteiger partial charge in [-0.05, 0) is 61.5 Å². The summed E-state index contributed by atoms with van der Waals surface area (Å²) in [6, 6.07) is 9.47. The van der Waals surface area contributed by atoms with Crippen molar-refractivity contribution in [1.29, 1.82) is 0 Å². The molecule has 182 valence electrons. The number of rotatable bonds is 6. The van der Waals surface area contributed by atoms with E-state index in [-0.39, 0.29) is 29.1 Å². The van der Waals surface area contributed by atoms with Gasteiger partial charge in [-0.15, -0.1) is 0 Å². The van der Waals surface area contributed by atoms with E-state index in [1.807, 2.05) is 37.3 Å². The molecular weight excluding hydrogens is 484 g/mol. The van der Waals surface area contributed by atoms with Gasteiger partial charge in [0.05, 0.1) is 11.4 Å². The van der Waals surface area contributed by atoms with E-state index >= 15 is 0 Å². The van der Waals surface area contributed by atoms with Gasteiger partial charge in [-0.1, -0.05) is 30.3 Å². The van der Waals surface area contributed by atoms with Crippen molar-refractivity contribution in [2.45, 2.75) is 50.0 Å². The highest BCUT2D eigenvalue weighted by Gasteiger charge is 2.56. The minimum atomic E-state index is -1.08. The van der Waals surface area contributed by atoms with Gasteiger partial charge in [-0.25, -0.2) is 4.79 Å². The van der Waals surface area contributed by atoms with Crippen LogP contribution >= 0.6 is 11.5 Å². The van der Waals surface area contributed by atoms with Crippen LogP contribution in [0.2, 0.25) is 0 Å². The van der Waals surface area contributed by atoms with Crippen molar-refractivity contribution < 1.29 is 28.3 Å². The number of nitrogens with one attached hydrogen (secondary N) is 1. The van der Waals surface area contributed by atoms with E-state index in [0.717, 1.165) is 24.1 Å². The summed E-state index contributed by atoms with van der Waals surface area (Å²) < 4.78 is 21.2. The Morgan fingerprint density at radius 2 is 1.92 bits per heavy atom. The number of carboxylic acid groups (broad SMARTS) is 1. The molecule has 2 N–H and O–H groups in total. The lowest BCUT2D eigenvalue weighted by atomic mass is 10.1. The zero-order valence-electron chi connectivity index (χ0n) is 19.1. The topological polar surface area (TPSA) is 141 Å². The molecule has 0 saturated heterocycles. The summed E-state index contributed by atoms with van der Waals surface area (Å²) in [6.45, 7) is 1.81. The van der Waals surface area contributed by atoms with Crippen LogP contribution in [0.25, 0.3) is 11.4 Å². The quantitative estimate of drug-likeness (QED) is 0.348. The molecule has 2 fully saturated rings. The van der Waals surface area contributed by atoms with Gasteiger partial charge in [0, 0.05) is 5.92 Å². The van der Waals surface area contributed by atoms with Crippen molar-refractivity contribution >= 4 is 40.7 Å². The summed E-state index contributed by atoms with van der Waals surface area (Å²) in [5.74, 6) is 5.26. The van der Waals surface area contributed by atoms with Gasteiger partial charge in [0.1, 0.15) is 16.4 Å². The van der Waals surface area contributed by atoms with Crippen molar-refractivity contribution in [1.82, 2.24) is 14.3 Å². The van der Waals surface area contributed by atoms with Gasteiger partial charge < -0.3 is 18.7 Å². The smallest absolute Gasteiger partial charge is 0.412 e. The second kappa shape index (κ2) is 8.49. The van der Waals surface area contributed by atoms with E-state index in [1.165, 1.54) is 11.5 Å². The number of carbonyl (C=O) groups is 2. The van der Waals surface area contributed by atoms with Gasteiger partial charge in [0.15, 0.2) is 0 Å². The maximum atomic E-state index is 12.7. The number of hydrogen-bond acceptors (Lipinski definition) is 9. The Kier molecular flexibility index (Phi) is 5.26. The Bertz CT molecular complexity index is 1500. The molecular formula is C25H20N4O6S.